The van der Waals surface area contributed by atoms with E-state index in [-0.39, 0.29) is 29.7 Å². The highest BCUT2D eigenvalue weighted by atomic mass is 19.1. The highest BCUT2D eigenvalue weighted by Gasteiger charge is 2.39. The number of halogens is 1. The van der Waals surface area contributed by atoms with Crippen molar-refractivity contribution in [1.29, 1.82) is 0 Å². The first-order valence-electron chi connectivity index (χ1n) is 9.32. The molecule has 1 aliphatic heterocycles. The van der Waals surface area contributed by atoms with Gasteiger partial charge in [0.15, 0.2) is 0 Å². The number of nitrogens with zero attached hydrogens (tertiary/aromatic N) is 3. The van der Waals surface area contributed by atoms with Crippen molar-refractivity contribution in [2.24, 2.45) is 5.92 Å². The van der Waals surface area contributed by atoms with Crippen molar-refractivity contribution in [3.63, 3.8) is 0 Å². The van der Waals surface area contributed by atoms with Gasteiger partial charge >= 0.3 is 0 Å². The molecule has 1 amide bonds. The molecule has 1 aromatic heterocycles. The number of methoxy groups -OCH3 is 1. The number of carbonyl (C=O) groups is 1. The van der Waals surface area contributed by atoms with E-state index in [1.165, 1.54) is 12.1 Å². The molecule has 3 rings (SSSR count). The summed E-state index contributed by atoms with van der Waals surface area (Å²) in [6.45, 7) is 3.51. The molecule has 1 N–H and O–H groups in total. The topological polar surface area (TPSA) is 59.4 Å². The average molecular weight is 374 g/mol. The van der Waals surface area contributed by atoms with Crippen LogP contribution in [0.15, 0.2) is 36.7 Å². The van der Waals surface area contributed by atoms with Crippen LogP contribution in [0.5, 0.6) is 0 Å². The number of carbonyl (C=O) groups excluding carboxylic acids is 1. The maximum Gasteiger partial charge on any atom is 0.223 e. The number of rotatable bonds is 8. The van der Waals surface area contributed by atoms with Crippen LogP contribution in [0.25, 0.3) is 5.69 Å². The van der Waals surface area contributed by atoms with E-state index in [1.54, 1.807) is 35.0 Å². The monoisotopic (exact) mass is 374 g/mol. The van der Waals surface area contributed by atoms with E-state index in [2.05, 4.69) is 17.3 Å². The van der Waals surface area contributed by atoms with E-state index < -0.39 is 0 Å². The fraction of sp³-hybridized carbons (Fsp3) is 0.500. The molecule has 0 saturated carbocycles. The predicted octanol–water partition coefficient (Wildman–Crippen LogP) is 2.55. The lowest BCUT2D eigenvalue weighted by molar-refractivity contribution is -0.127. The molecular weight excluding hydrogens is 347 g/mol. The number of hydrogen-bond donors (Lipinski definition) is 1. The molecule has 1 fully saturated rings. The number of nitrogens with one attached hydrogen (secondary N) is 1. The fourth-order valence-corrected chi connectivity index (χ4v) is 3.70. The van der Waals surface area contributed by atoms with Crippen LogP contribution in [0.3, 0.4) is 0 Å². The summed E-state index contributed by atoms with van der Waals surface area (Å²) in [6.07, 6.45) is 5.20. The van der Waals surface area contributed by atoms with Gasteiger partial charge in [0.2, 0.25) is 5.91 Å². The van der Waals surface area contributed by atoms with Crippen LogP contribution in [0.4, 0.5) is 4.39 Å². The summed E-state index contributed by atoms with van der Waals surface area (Å²) in [4.78, 5) is 14.1. The molecule has 0 unspecified atom stereocenters. The third kappa shape index (κ3) is 4.36. The smallest absolute Gasteiger partial charge is 0.223 e. The van der Waals surface area contributed by atoms with Crippen molar-refractivity contribution in [3.05, 3.63) is 48.0 Å². The van der Waals surface area contributed by atoms with Crippen LogP contribution in [0.1, 0.15) is 31.4 Å². The largest absolute Gasteiger partial charge is 0.383 e. The van der Waals surface area contributed by atoms with Gasteiger partial charge in [-0.25, -0.2) is 9.07 Å². The van der Waals surface area contributed by atoms with Gasteiger partial charge in [0.05, 0.1) is 24.5 Å². The van der Waals surface area contributed by atoms with E-state index in [4.69, 9.17) is 4.74 Å². The second-order valence-electron chi connectivity index (χ2n) is 7.08. The lowest BCUT2D eigenvalue weighted by atomic mass is 9.95. The molecule has 2 heterocycles. The Morgan fingerprint density at radius 1 is 1.37 bits per heavy atom. The van der Waals surface area contributed by atoms with Crippen molar-refractivity contribution in [1.82, 2.24) is 20.0 Å². The Labute approximate surface area is 159 Å². The fourth-order valence-electron chi connectivity index (χ4n) is 3.70. The zero-order valence-electron chi connectivity index (χ0n) is 16.1. The van der Waals surface area contributed by atoms with Gasteiger partial charge in [-0.1, -0.05) is 6.92 Å². The number of hydrogen-bond acceptors (Lipinski definition) is 4. The van der Waals surface area contributed by atoms with Gasteiger partial charge in [-0.3, -0.25) is 4.79 Å². The van der Waals surface area contributed by atoms with Crippen molar-refractivity contribution in [2.45, 2.75) is 31.8 Å². The van der Waals surface area contributed by atoms with Crippen molar-refractivity contribution in [2.75, 3.05) is 27.3 Å². The van der Waals surface area contributed by atoms with Crippen molar-refractivity contribution in [3.8, 4) is 5.69 Å². The Hall–Kier alpha value is -2.25. The minimum absolute atomic E-state index is 0.0285. The molecule has 0 spiro atoms. The normalized spacial score (nSPS) is 21.0. The number of ether oxygens (including phenoxy) is 1. The summed E-state index contributed by atoms with van der Waals surface area (Å²) in [5, 5.41) is 7.94. The van der Waals surface area contributed by atoms with Crippen LogP contribution in [0.2, 0.25) is 0 Å². The molecule has 1 saturated heterocycles. The van der Waals surface area contributed by atoms with Gasteiger partial charge in [-0.2, -0.15) is 5.10 Å². The highest BCUT2D eigenvalue weighted by Crippen LogP contribution is 2.36. The standard InChI is InChI=1S/C20H27FN4O2/c1-4-17(13-27-3)22-10-14-9-19(26)24(2)20(14)15-11-23-25(12-15)18-7-5-16(21)6-8-18/h5-8,11-12,14,17,20,22H,4,9-10,13H2,1-3H3/t14-,17+,20+/m0/s1. The van der Waals surface area contributed by atoms with Crippen molar-refractivity contribution < 1.29 is 13.9 Å². The molecule has 2 aromatic rings. The van der Waals surface area contributed by atoms with E-state index in [1.807, 2.05) is 13.2 Å². The molecule has 1 aromatic carbocycles. The molecule has 0 bridgehead atoms. The number of aromatic nitrogens is 2. The van der Waals surface area contributed by atoms with Crippen LogP contribution in [-0.2, 0) is 9.53 Å². The van der Waals surface area contributed by atoms with Crippen molar-refractivity contribution >= 4 is 5.91 Å². The van der Waals surface area contributed by atoms with Gasteiger partial charge in [0, 0.05) is 50.8 Å². The Balaban J connectivity index is 1.76. The Morgan fingerprint density at radius 2 is 2.11 bits per heavy atom. The minimum Gasteiger partial charge on any atom is -0.383 e. The lowest BCUT2D eigenvalue weighted by Gasteiger charge is -2.26. The average Bonchev–Trinajstić information content (AvgIpc) is 3.24. The molecule has 27 heavy (non-hydrogen) atoms. The van der Waals surface area contributed by atoms with Gasteiger partial charge < -0.3 is 15.0 Å². The SMILES string of the molecule is CC[C@H](COC)NC[C@@H]1CC(=O)N(C)[C@H]1c1cnn(-c2ccc(F)cc2)c1. The summed E-state index contributed by atoms with van der Waals surface area (Å²) in [5.41, 5.74) is 1.77. The Morgan fingerprint density at radius 3 is 2.78 bits per heavy atom. The summed E-state index contributed by atoms with van der Waals surface area (Å²) in [6, 6.07) is 6.44. The maximum atomic E-state index is 13.1. The number of likely N-dealkylation sites (tertiary alicyclic amines) is 1. The summed E-state index contributed by atoms with van der Waals surface area (Å²) < 4.78 is 20.1. The molecule has 146 valence electrons. The second kappa shape index (κ2) is 8.63. The number of amides is 1. The summed E-state index contributed by atoms with van der Waals surface area (Å²) in [7, 11) is 3.54. The van der Waals surface area contributed by atoms with Crippen LogP contribution >= 0.6 is 0 Å². The third-order valence-corrected chi connectivity index (χ3v) is 5.26. The quantitative estimate of drug-likeness (QED) is 0.771. The van der Waals surface area contributed by atoms with Gasteiger partial charge in [0.25, 0.3) is 0 Å². The third-order valence-electron chi connectivity index (χ3n) is 5.26. The van der Waals surface area contributed by atoms with E-state index in [0.29, 0.717) is 13.0 Å². The molecule has 3 atom stereocenters. The van der Waals surface area contributed by atoms with Gasteiger partial charge in [-0.15, -0.1) is 0 Å². The summed E-state index contributed by atoms with van der Waals surface area (Å²) >= 11 is 0. The lowest BCUT2D eigenvalue weighted by Crippen LogP contribution is -2.37. The van der Waals surface area contributed by atoms with Gasteiger partial charge in [-0.05, 0) is 30.7 Å². The first-order chi connectivity index (χ1) is 13.0. The first-order valence-corrected chi connectivity index (χ1v) is 9.32. The highest BCUT2D eigenvalue weighted by molar-refractivity contribution is 5.79. The van der Waals surface area contributed by atoms with Crippen LogP contribution in [0, 0.1) is 11.7 Å². The first kappa shape index (κ1) is 19.5. The molecular formula is C20H27FN4O2. The Bertz CT molecular complexity index is 762. The van der Waals surface area contributed by atoms with E-state index >= 15 is 0 Å². The molecule has 0 aliphatic carbocycles. The van der Waals surface area contributed by atoms with Gasteiger partial charge in [0.1, 0.15) is 5.82 Å². The maximum absolute atomic E-state index is 13.1. The summed E-state index contributed by atoms with van der Waals surface area (Å²) in [5.74, 6) is 0.0281. The zero-order valence-corrected chi connectivity index (χ0v) is 16.1. The molecule has 7 heteroatoms. The Kier molecular flexibility index (Phi) is 6.23. The number of benzene rings is 1. The second-order valence-corrected chi connectivity index (χ2v) is 7.08. The van der Waals surface area contributed by atoms with Crippen LogP contribution < -0.4 is 5.32 Å². The predicted molar refractivity (Wildman–Crippen MR) is 101 cm³/mol. The van der Waals surface area contributed by atoms with Crippen LogP contribution in [-0.4, -0.2) is 53.9 Å². The zero-order chi connectivity index (χ0) is 19.4. The molecule has 0 radical (unpaired) electrons. The van der Waals surface area contributed by atoms with E-state index in [9.17, 15) is 9.18 Å². The van der Waals surface area contributed by atoms with E-state index in [0.717, 1.165) is 24.2 Å². The molecule has 1 aliphatic rings. The molecule has 6 nitrogen and oxygen atoms in total. The minimum atomic E-state index is -0.278.